The van der Waals surface area contributed by atoms with Crippen molar-refractivity contribution in [3.05, 3.63) is 0 Å². The molecule has 0 aromatic rings. The number of nitrogens with one attached hydrogen (secondary N) is 1. The van der Waals surface area contributed by atoms with E-state index >= 15 is 0 Å². The van der Waals surface area contributed by atoms with Crippen LogP contribution in [0.15, 0.2) is 0 Å². The van der Waals surface area contributed by atoms with Crippen LogP contribution in [0.1, 0.15) is 27.7 Å². The number of hydrogen-bond donors (Lipinski definition) is 1. The van der Waals surface area contributed by atoms with E-state index in [9.17, 15) is 13.2 Å². The molecule has 1 N–H and O–H groups in total. The van der Waals surface area contributed by atoms with Gasteiger partial charge in [-0.05, 0) is 20.8 Å². The molecule has 102 valence electrons. The third kappa shape index (κ3) is 5.47. The molecule has 0 saturated heterocycles. The van der Waals surface area contributed by atoms with Gasteiger partial charge in [-0.2, -0.15) is 17.0 Å². The van der Waals surface area contributed by atoms with Gasteiger partial charge in [-0.1, -0.05) is 6.92 Å². The van der Waals surface area contributed by atoms with Crippen LogP contribution in [0.25, 0.3) is 0 Å². The molecular formula is C10H23N3O3S. The second kappa shape index (κ2) is 5.79. The lowest BCUT2D eigenvalue weighted by Gasteiger charge is -2.26. The van der Waals surface area contributed by atoms with Crippen molar-refractivity contribution in [2.75, 3.05) is 27.2 Å². The maximum atomic E-state index is 11.8. The van der Waals surface area contributed by atoms with Crippen molar-refractivity contribution in [1.29, 1.82) is 0 Å². The highest BCUT2D eigenvalue weighted by Crippen LogP contribution is 2.05. The van der Waals surface area contributed by atoms with Crippen molar-refractivity contribution in [1.82, 2.24) is 13.9 Å². The summed E-state index contributed by atoms with van der Waals surface area (Å²) in [7, 11) is -0.646. The van der Waals surface area contributed by atoms with E-state index in [0.29, 0.717) is 0 Å². The van der Waals surface area contributed by atoms with Gasteiger partial charge < -0.3 is 5.32 Å². The molecule has 0 unspecified atom stereocenters. The van der Waals surface area contributed by atoms with Crippen molar-refractivity contribution in [2.45, 2.75) is 33.2 Å². The van der Waals surface area contributed by atoms with Crippen molar-refractivity contribution in [3.63, 3.8) is 0 Å². The monoisotopic (exact) mass is 265 g/mol. The van der Waals surface area contributed by atoms with Crippen LogP contribution in [0, 0.1) is 0 Å². The minimum absolute atomic E-state index is 0.158. The minimum atomic E-state index is -3.53. The first-order valence-corrected chi connectivity index (χ1v) is 6.89. The molecule has 0 bridgehead atoms. The predicted octanol–water partition coefficient (Wildman–Crippen LogP) is 0.0294. The second-order valence-corrected chi connectivity index (χ2v) is 7.16. The van der Waals surface area contributed by atoms with Gasteiger partial charge >= 0.3 is 0 Å². The standard InChI is InChI=1S/C10H23N3O3S/c1-7-13(17(15,16)12(5)6)8-9(14)11-10(2,3)4/h7-8H2,1-6H3,(H,11,14). The molecule has 0 atom stereocenters. The summed E-state index contributed by atoms with van der Waals surface area (Å²) in [6, 6.07) is 0. The number of nitrogens with zero attached hydrogens (tertiary/aromatic N) is 2. The molecule has 0 aromatic carbocycles. The van der Waals surface area contributed by atoms with Gasteiger partial charge in [0.05, 0.1) is 6.54 Å². The molecule has 0 fully saturated rings. The number of rotatable bonds is 5. The highest BCUT2D eigenvalue weighted by molar-refractivity contribution is 7.86. The lowest BCUT2D eigenvalue weighted by Crippen LogP contribution is -2.49. The SMILES string of the molecule is CCN(CC(=O)NC(C)(C)C)S(=O)(=O)N(C)C. The van der Waals surface area contributed by atoms with Crippen LogP contribution >= 0.6 is 0 Å². The fraction of sp³-hybridized carbons (Fsp3) is 0.900. The fourth-order valence-electron chi connectivity index (χ4n) is 1.21. The molecule has 0 spiro atoms. The smallest absolute Gasteiger partial charge is 0.281 e. The van der Waals surface area contributed by atoms with Gasteiger partial charge in [0.25, 0.3) is 10.2 Å². The Bertz CT molecular complexity index is 357. The minimum Gasteiger partial charge on any atom is -0.350 e. The first-order valence-electron chi connectivity index (χ1n) is 5.49. The summed E-state index contributed by atoms with van der Waals surface area (Å²) in [5.74, 6) is -0.301. The molecule has 0 aliphatic rings. The summed E-state index contributed by atoms with van der Waals surface area (Å²) in [4.78, 5) is 11.7. The predicted molar refractivity (Wildman–Crippen MR) is 67.7 cm³/mol. The van der Waals surface area contributed by atoms with Crippen molar-refractivity contribution in [2.24, 2.45) is 0 Å². The van der Waals surface area contributed by atoms with Crippen LogP contribution in [0.3, 0.4) is 0 Å². The molecule has 0 radical (unpaired) electrons. The first-order chi connectivity index (χ1) is 7.50. The second-order valence-electron chi connectivity index (χ2n) is 5.01. The van der Waals surface area contributed by atoms with E-state index in [4.69, 9.17) is 0 Å². The van der Waals surface area contributed by atoms with Gasteiger partial charge in [-0.15, -0.1) is 0 Å². The van der Waals surface area contributed by atoms with E-state index in [1.807, 2.05) is 20.8 Å². The Labute approximate surface area is 104 Å². The molecule has 0 aromatic heterocycles. The van der Waals surface area contributed by atoms with E-state index in [0.717, 1.165) is 8.61 Å². The normalized spacial score (nSPS) is 13.2. The van der Waals surface area contributed by atoms with Crippen molar-refractivity contribution >= 4 is 16.1 Å². The van der Waals surface area contributed by atoms with Crippen LogP contribution in [-0.2, 0) is 15.0 Å². The van der Waals surface area contributed by atoms with E-state index in [2.05, 4.69) is 5.32 Å². The quantitative estimate of drug-likeness (QED) is 0.762. The molecule has 0 aliphatic heterocycles. The third-order valence-electron chi connectivity index (χ3n) is 1.97. The van der Waals surface area contributed by atoms with E-state index in [1.165, 1.54) is 14.1 Å². The van der Waals surface area contributed by atoms with Gasteiger partial charge in [-0.25, -0.2) is 0 Å². The van der Waals surface area contributed by atoms with Gasteiger partial charge in [0, 0.05) is 26.2 Å². The maximum Gasteiger partial charge on any atom is 0.281 e. The molecule has 1 amide bonds. The maximum absolute atomic E-state index is 11.8. The van der Waals surface area contributed by atoms with Gasteiger partial charge in [-0.3, -0.25) is 4.79 Å². The molecule has 0 aliphatic carbocycles. The van der Waals surface area contributed by atoms with Crippen LogP contribution in [0.5, 0.6) is 0 Å². The fourth-order valence-corrected chi connectivity index (χ4v) is 2.27. The Morgan fingerprint density at radius 1 is 1.24 bits per heavy atom. The Hall–Kier alpha value is -0.660. The zero-order valence-electron chi connectivity index (χ0n) is 11.4. The molecule has 0 rings (SSSR count). The number of carbonyl (C=O) groups excluding carboxylic acids is 1. The van der Waals surface area contributed by atoms with Crippen LogP contribution in [0.4, 0.5) is 0 Å². The molecule has 6 nitrogen and oxygen atoms in total. The summed E-state index contributed by atoms with van der Waals surface area (Å²) in [5.41, 5.74) is -0.363. The first kappa shape index (κ1) is 16.3. The molecular weight excluding hydrogens is 242 g/mol. The Morgan fingerprint density at radius 2 is 1.71 bits per heavy atom. The number of carbonyl (C=O) groups is 1. The zero-order chi connectivity index (χ0) is 13.9. The molecule has 17 heavy (non-hydrogen) atoms. The summed E-state index contributed by atoms with van der Waals surface area (Å²) in [5, 5.41) is 2.73. The van der Waals surface area contributed by atoms with Gasteiger partial charge in [0.15, 0.2) is 0 Å². The number of likely N-dealkylation sites (N-methyl/N-ethyl adjacent to an activating group) is 1. The van der Waals surface area contributed by atoms with Crippen LogP contribution < -0.4 is 5.32 Å². The average molecular weight is 265 g/mol. The average Bonchev–Trinajstić information content (AvgIpc) is 2.10. The van der Waals surface area contributed by atoms with E-state index < -0.39 is 10.2 Å². The Balaban J connectivity index is 4.69. The highest BCUT2D eigenvalue weighted by atomic mass is 32.2. The number of amides is 1. The van der Waals surface area contributed by atoms with Crippen molar-refractivity contribution < 1.29 is 13.2 Å². The lowest BCUT2D eigenvalue weighted by atomic mass is 10.1. The molecule has 7 heteroatoms. The van der Waals surface area contributed by atoms with Gasteiger partial charge in [0.1, 0.15) is 0 Å². The van der Waals surface area contributed by atoms with E-state index in [-0.39, 0.29) is 24.5 Å². The summed E-state index contributed by atoms with van der Waals surface area (Å²) >= 11 is 0. The summed E-state index contributed by atoms with van der Waals surface area (Å²) in [6.07, 6.45) is 0. The third-order valence-corrected chi connectivity index (χ3v) is 3.94. The molecule has 0 heterocycles. The Morgan fingerprint density at radius 3 is 2.00 bits per heavy atom. The largest absolute Gasteiger partial charge is 0.350 e. The lowest BCUT2D eigenvalue weighted by molar-refractivity contribution is -0.122. The topological polar surface area (TPSA) is 69.7 Å². The highest BCUT2D eigenvalue weighted by Gasteiger charge is 2.26. The van der Waals surface area contributed by atoms with Gasteiger partial charge in [0.2, 0.25) is 5.91 Å². The van der Waals surface area contributed by atoms with Crippen LogP contribution in [0.2, 0.25) is 0 Å². The van der Waals surface area contributed by atoms with E-state index in [1.54, 1.807) is 6.92 Å². The molecule has 0 saturated carbocycles. The Kier molecular flexibility index (Phi) is 5.57. The summed E-state index contributed by atoms with van der Waals surface area (Å²) < 4.78 is 25.9. The van der Waals surface area contributed by atoms with Crippen molar-refractivity contribution in [3.8, 4) is 0 Å². The number of hydrogen-bond acceptors (Lipinski definition) is 3. The summed E-state index contributed by atoms with van der Waals surface area (Å²) in [6.45, 7) is 7.35. The van der Waals surface area contributed by atoms with Crippen LogP contribution in [-0.4, -0.2) is 55.7 Å². The zero-order valence-corrected chi connectivity index (χ0v) is 12.3.